The predicted molar refractivity (Wildman–Crippen MR) is 346 cm³/mol. The lowest BCUT2D eigenvalue weighted by molar-refractivity contribution is -0.124. The third-order valence-corrected chi connectivity index (χ3v) is 20.9. The molecule has 0 spiro atoms. The van der Waals surface area contributed by atoms with E-state index in [-0.39, 0.29) is 29.2 Å². The Morgan fingerprint density at radius 3 is 1.29 bits per heavy atom. The van der Waals surface area contributed by atoms with Gasteiger partial charge in [-0.2, -0.15) is 0 Å². The molecular formula is C70H75N3O5S4. The largest absolute Gasteiger partial charge is 0.494 e. The number of anilines is 3. The topological polar surface area (TPSA) is 90.4 Å². The molecule has 82 heavy (non-hydrogen) atoms. The van der Waals surface area contributed by atoms with Gasteiger partial charge in [-0.15, -0.1) is 45.3 Å². The summed E-state index contributed by atoms with van der Waals surface area (Å²) in [7, 11) is 0. The van der Waals surface area contributed by atoms with Crippen molar-refractivity contribution in [1.82, 2.24) is 9.80 Å². The number of hydrogen-bond donors (Lipinski definition) is 1. The first-order valence-electron chi connectivity index (χ1n) is 29.6. The highest BCUT2D eigenvalue weighted by Crippen LogP contribution is 2.52. The summed E-state index contributed by atoms with van der Waals surface area (Å²) >= 11 is 6.70. The molecule has 8 aromatic rings. The van der Waals surface area contributed by atoms with Gasteiger partial charge in [-0.1, -0.05) is 134 Å². The number of benzene rings is 4. The first-order valence-corrected chi connectivity index (χ1v) is 32.8. The molecule has 8 nitrogen and oxygen atoms in total. The van der Waals surface area contributed by atoms with Crippen LogP contribution in [0.4, 0.5) is 17.1 Å². The van der Waals surface area contributed by atoms with Crippen LogP contribution in [0.5, 0.6) is 5.75 Å². The van der Waals surface area contributed by atoms with Crippen molar-refractivity contribution in [3.8, 4) is 46.1 Å². The van der Waals surface area contributed by atoms with Crippen LogP contribution in [0.1, 0.15) is 137 Å². The van der Waals surface area contributed by atoms with Gasteiger partial charge < -0.3 is 24.5 Å². The maximum atomic E-state index is 15.6. The van der Waals surface area contributed by atoms with Gasteiger partial charge in [-0.25, -0.2) is 4.79 Å². The molecule has 2 atom stereocenters. The van der Waals surface area contributed by atoms with E-state index in [1.54, 1.807) is 57.5 Å². The second kappa shape index (κ2) is 27.0. The molecule has 0 radical (unpaired) electrons. The lowest BCUT2D eigenvalue weighted by Crippen LogP contribution is -2.34. The summed E-state index contributed by atoms with van der Waals surface area (Å²) in [5.74, 6) is 0.346. The summed E-state index contributed by atoms with van der Waals surface area (Å²) in [5.41, 5.74) is 9.32. The number of aromatic carboxylic acids is 1. The number of carbonyl (C=O) groups excluding carboxylic acids is 2. The highest BCUT2D eigenvalue weighted by Gasteiger charge is 2.50. The second-order valence-corrected chi connectivity index (χ2v) is 26.1. The molecule has 2 aliphatic heterocycles. The highest BCUT2D eigenvalue weighted by atomic mass is 32.1. The fourth-order valence-electron chi connectivity index (χ4n) is 11.2. The molecule has 1 N–H and O–H groups in total. The summed E-state index contributed by atoms with van der Waals surface area (Å²) in [4.78, 5) is 57.3. The number of rotatable bonds is 28. The molecule has 0 aliphatic carbocycles. The number of nitrogens with zero attached hydrogens (tertiary/aromatic N) is 3. The fraction of sp³-hybridized carbons (Fsp3) is 0.329. The van der Waals surface area contributed by atoms with Crippen molar-refractivity contribution >= 4 is 91.6 Å². The molecule has 0 bridgehead atoms. The molecule has 6 heterocycles. The number of carboxylic acid groups (broad SMARTS) is 1. The molecule has 0 saturated carbocycles. The smallest absolute Gasteiger partial charge is 0.335 e. The van der Waals surface area contributed by atoms with Gasteiger partial charge in [-0.05, 0) is 158 Å². The predicted octanol–water partition coefficient (Wildman–Crippen LogP) is 20.3. The Labute approximate surface area is 501 Å². The van der Waals surface area contributed by atoms with Crippen LogP contribution >= 0.6 is 45.3 Å². The van der Waals surface area contributed by atoms with Crippen LogP contribution in [0, 0.1) is 18.8 Å². The number of fused-ring (bicyclic) bond motifs is 1. The summed E-state index contributed by atoms with van der Waals surface area (Å²) in [5, 5.41) is 9.49. The normalized spacial score (nSPS) is 14.1. The minimum Gasteiger partial charge on any atom is -0.494 e. The molecular weight excluding hydrogens is 1090 g/mol. The quantitative estimate of drug-likeness (QED) is 0.0492. The zero-order valence-electron chi connectivity index (χ0n) is 48.2. The number of carbonyl (C=O) groups is 3. The SMILES string of the molecule is CCCCCCOc1ccc(N(c2ccc(C)cc2)c2ccc(-c3ccc(-c4ccc(C5=C6C(=O)N(CC(CC)CCCC)C(c7ccc(-c8ccc(-c9ccc(C(=O)O)cc9)s8)s7)=C6C(=O)N5CC(CC)CCCC)s4)s3)cc2)cc1. The standard InChI is InChI=1S/C70H75N3O5S4/c1-7-12-15-16-43-78-55-33-31-54(32-34-55)73(52-27-19-46(6)20-28-52)53-29-25-50(26-30-53)57-36-38-59(80-57)61-40-42-63(82-61)67-65-64(68(74)72(67)45-48(11-5)18-14-9-3)66(71(69(65)75)44-47(10-4)17-13-8-2)62-41-39-60(81-62)58-37-35-56(79-58)49-21-23-51(24-22-49)70(76)77/h19-42,47-48H,7-18,43-45H2,1-6H3,(H,76,77). The van der Waals surface area contributed by atoms with E-state index < -0.39 is 5.97 Å². The molecule has 10 rings (SSSR count). The lowest BCUT2D eigenvalue weighted by atomic mass is 9.98. The van der Waals surface area contributed by atoms with Crippen LogP contribution in [0.15, 0.2) is 157 Å². The van der Waals surface area contributed by atoms with Crippen molar-refractivity contribution < 1.29 is 24.2 Å². The maximum absolute atomic E-state index is 15.6. The van der Waals surface area contributed by atoms with Gasteiger partial charge in [0.25, 0.3) is 11.8 Å². The van der Waals surface area contributed by atoms with Crippen LogP contribution < -0.4 is 9.64 Å². The molecule has 2 amide bonds. The number of thiophene rings is 4. The molecule has 4 aromatic carbocycles. The van der Waals surface area contributed by atoms with E-state index >= 15 is 9.59 Å². The molecule has 424 valence electrons. The van der Waals surface area contributed by atoms with E-state index in [1.807, 2.05) is 21.9 Å². The Balaban J connectivity index is 0.975. The molecule has 2 aliphatic rings. The van der Waals surface area contributed by atoms with Crippen LogP contribution in [-0.2, 0) is 9.59 Å². The Hall–Kier alpha value is -6.83. The van der Waals surface area contributed by atoms with Gasteiger partial charge in [0.2, 0.25) is 0 Å². The number of carboxylic acids is 1. The third-order valence-electron chi connectivity index (χ3n) is 16.0. The Bertz CT molecular complexity index is 3540. The van der Waals surface area contributed by atoms with Gasteiger partial charge >= 0.3 is 5.97 Å². The van der Waals surface area contributed by atoms with E-state index in [1.165, 1.54) is 24.8 Å². The first-order chi connectivity index (χ1) is 40.0. The Kier molecular flexibility index (Phi) is 19.3. The first kappa shape index (κ1) is 58.4. The zero-order chi connectivity index (χ0) is 57.3. The van der Waals surface area contributed by atoms with E-state index in [9.17, 15) is 9.90 Å². The number of aryl methyl sites for hydroxylation is 1. The zero-order valence-corrected chi connectivity index (χ0v) is 51.4. The molecule has 0 fully saturated rings. The van der Waals surface area contributed by atoms with Crippen molar-refractivity contribution in [2.75, 3.05) is 24.6 Å². The van der Waals surface area contributed by atoms with E-state index in [2.05, 4.69) is 168 Å². The van der Waals surface area contributed by atoms with Crippen LogP contribution in [-0.4, -0.2) is 52.4 Å². The number of hydrogen-bond acceptors (Lipinski definition) is 9. The van der Waals surface area contributed by atoms with Crippen LogP contribution in [0.3, 0.4) is 0 Å². The van der Waals surface area contributed by atoms with E-state index in [0.29, 0.717) is 24.2 Å². The summed E-state index contributed by atoms with van der Waals surface area (Å²) < 4.78 is 6.12. The highest BCUT2D eigenvalue weighted by molar-refractivity contribution is 7.25. The Morgan fingerprint density at radius 1 is 0.476 bits per heavy atom. The molecule has 0 saturated heterocycles. The van der Waals surface area contributed by atoms with Gasteiger partial charge in [-0.3, -0.25) is 9.59 Å². The average Bonchev–Trinajstić information content (AvgIpc) is 3.95. The number of amides is 2. The van der Waals surface area contributed by atoms with Gasteiger partial charge in [0.15, 0.2) is 0 Å². The second-order valence-electron chi connectivity index (χ2n) is 21.8. The molecule has 2 unspecified atom stereocenters. The summed E-state index contributed by atoms with van der Waals surface area (Å²) in [6, 6.07) is 50.0. The monoisotopic (exact) mass is 1170 g/mol. The average molecular weight is 1170 g/mol. The fourth-order valence-corrected chi connectivity index (χ4v) is 15.5. The molecule has 4 aromatic heterocycles. The lowest BCUT2D eigenvalue weighted by Gasteiger charge is -2.29. The van der Waals surface area contributed by atoms with Crippen LogP contribution in [0.2, 0.25) is 0 Å². The summed E-state index contributed by atoms with van der Waals surface area (Å²) in [6.07, 6.45) is 12.9. The number of unbranched alkanes of at least 4 members (excludes halogenated alkanes) is 5. The third kappa shape index (κ3) is 12.9. The minimum atomic E-state index is -0.948. The van der Waals surface area contributed by atoms with E-state index in [0.717, 1.165) is 149 Å². The van der Waals surface area contributed by atoms with Crippen molar-refractivity contribution in [1.29, 1.82) is 0 Å². The van der Waals surface area contributed by atoms with E-state index in [4.69, 9.17) is 4.74 Å². The van der Waals surface area contributed by atoms with Gasteiger partial charge in [0.05, 0.1) is 44.5 Å². The Morgan fingerprint density at radius 2 is 0.866 bits per heavy atom. The minimum absolute atomic E-state index is 0.0810. The summed E-state index contributed by atoms with van der Waals surface area (Å²) in [6.45, 7) is 15.0. The van der Waals surface area contributed by atoms with Crippen molar-refractivity contribution in [3.05, 3.63) is 178 Å². The van der Waals surface area contributed by atoms with Crippen molar-refractivity contribution in [2.24, 2.45) is 11.8 Å². The van der Waals surface area contributed by atoms with Crippen molar-refractivity contribution in [2.45, 2.75) is 119 Å². The molecule has 12 heteroatoms. The van der Waals surface area contributed by atoms with Gasteiger partial charge in [0, 0.05) is 59.4 Å². The van der Waals surface area contributed by atoms with Crippen molar-refractivity contribution in [3.63, 3.8) is 0 Å². The number of ether oxygens (including phenoxy) is 1. The van der Waals surface area contributed by atoms with Crippen LogP contribution in [0.25, 0.3) is 51.8 Å². The van der Waals surface area contributed by atoms with Gasteiger partial charge in [0.1, 0.15) is 5.75 Å². The maximum Gasteiger partial charge on any atom is 0.335 e.